The highest BCUT2D eigenvalue weighted by Crippen LogP contribution is 2.34. The minimum absolute atomic E-state index is 0. The standard InChI is InChI=1S/C22H32N2O3.ClH/c25-22(9-7-17-10-12-23-13-11-17)24(19-4-2-1-3-5-19)15-18-6-8-20-21(14-18)27-16-26-20;/h6,8,14,17,19,23H,1-5,7,9-13,15-16H2;1H. The number of amides is 1. The van der Waals surface area contributed by atoms with Crippen LogP contribution < -0.4 is 14.8 Å². The van der Waals surface area contributed by atoms with Crippen LogP contribution in [0.15, 0.2) is 18.2 Å². The maximum Gasteiger partial charge on any atom is 0.231 e. The number of fused-ring (bicyclic) bond motifs is 1. The highest BCUT2D eigenvalue weighted by Gasteiger charge is 2.27. The molecule has 1 N–H and O–H groups in total. The Morgan fingerprint density at radius 1 is 1.04 bits per heavy atom. The van der Waals surface area contributed by atoms with Crippen LogP contribution in [0.5, 0.6) is 11.5 Å². The van der Waals surface area contributed by atoms with Crippen molar-refractivity contribution in [3.63, 3.8) is 0 Å². The van der Waals surface area contributed by atoms with Gasteiger partial charge in [-0.2, -0.15) is 0 Å². The molecule has 28 heavy (non-hydrogen) atoms. The molecule has 0 radical (unpaired) electrons. The van der Waals surface area contributed by atoms with Crippen LogP contribution in [0.1, 0.15) is 63.4 Å². The molecule has 1 saturated carbocycles. The second-order valence-electron chi connectivity index (χ2n) is 8.23. The number of halogens is 1. The molecule has 0 spiro atoms. The molecular formula is C22H33ClN2O3. The molecule has 1 saturated heterocycles. The summed E-state index contributed by atoms with van der Waals surface area (Å²) in [6.45, 7) is 3.18. The van der Waals surface area contributed by atoms with Crippen molar-refractivity contribution in [2.75, 3.05) is 19.9 Å². The topological polar surface area (TPSA) is 50.8 Å². The lowest BCUT2D eigenvalue weighted by Gasteiger charge is -2.35. The maximum absolute atomic E-state index is 13.2. The molecule has 1 amide bonds. The summed E-state index contributed by atoms with van der Waals surface area (Å²) in [5.74, 6) is 2.64. The minimum atomic E-state index is 0. The van der Waals surface area contributed by atoms with Crippen LogP contribution in [-0.2, 0) is 11.3 Å². The summed E-state index contributed by atoms with van der Waals surface area (Å²) in [5.41, 5.74) is 1.14. The van der Waals surface area contributed by atoms with Gasteiger partial charge in [-0.25, -0.2) is 0 Å². The molecule has 156 valence electrons. The maximum atomic E-state index is 13.2. The fourth-order valence-electron chi connectivity index (χ4n) is 4.69. The van der Waals surface area contributed by atoms with E-state index in [0.717, 1.165) is 49.4 Å². The molecule has 0 unspecified atom stereocenters. The van der Waals surface area contributed by atoms with Crippen LogP contribution in [0.3, 0.4) is 0 Å². The Kier molecular flexibility index (Phi) is 7.86. The molecule has 2 fully saturated rings. The van der Waals surface area contributed by atoms with E-state index < -0.39 is 0 Å². The van der Waals surface area contributed by atoms with Gasteiger partial charge in [0, 0.05) is 19.0 Å². The first-order valence-electron chi connectivity index (χ1n) is 10.7. The zero-order chi connectivity index (χ0) is 18.5. The first-order valence-corrected chi connectivity index (χ1v) is 10.7. The highest BCUT2D eigenvalue weighted by molar-refractivity contribution is 5.85. The van der Waals surface area contributed by atoms with E-state index >= 15 is 0 Å². The van der Waals surface area contributed by atoms with E-state index in [-0.39, 0.29) is 12.4 Å². The predicted molar refractivity (Wildman–Crippen MR) is 112 cm³/mol. The lowest BCUT2D eigenvalue weighted by Crippen LogP contribution is -2.41. The van der Waals surface area contributed by atoms with Gasteiger partial charge in [-0.1, -0.05) is 25.3 Å². The molecule has 2 heterocycles. The number of nitrogens with zero attached hydrogens (tertiary/aromatic N) is 1. The zero-order valence-corrected chi connectivity index (χ0v) is 17.5. The second-order valence-corrected chi connectivity index (χ2v) is 8.23. The van der Waals surface area contributed by atoms with Gasteiger partial charge in [-0.15, -0.1) is 12.4 Å². The largest absolute Gasteiger partial charge is 0.454 e. The van der Waals surface area contributed by atoms with Crippen LogP contribution in [-0.4, -0.2) is 36.7 Å². The van der Waals surface area contributed by atoms with E-state index in [9.17, 15) is 4.79 Å². The lowest BCUT2D eigenvalue weighted by molar-refractivity contribution is -0.135. The quantitative estimate of drug-likeness (QED) is 0.763. The molecule has 1 aromatic rings. The van der Waals surface area contributed by atoms with Crippen molar-refractivity contribution in [1.82, 2.24) is 10.2 Å². The SMILES string of the molecule is Cl.O=C(CCC1CCNCC1)N(Cc1ccc2c(c1)OCO2)C1CCCCC1. The van der Waals surface area contributed by atoms with Gasteiger partial charge < -0.3 is 19.7 Å². The minimum Gasteiger partial charge on any atom is -0.454 e. The van der Waals surface area contributed by atoms with Crippen molar-refractivity contribution >= 4 is 18.3 Å². The van der Waals surface area contributed by atoms with Crippen molar-refractivity contribution < 1.29 is 14.3 Å². The van der Waals surface area contributed by atoms with Crippen molar-refractivity contribution in [2.45, 2.75) is 70.4 Å². The Morgan fingerprint density at radius 2 is 1.79 bits per heavy atom. The van der Waals surface area contributed by atoms with E-state index in [1.54, 1.807) is 0 Å². The van der Waals surface area contributed by atoms with Crippen molar-refractivity contribution in [3.8, 4) is 11.5 Å². The summed E-state index contributed by atoms with van der Waals surface area (Å²) in [6.07, 6.45) is 10.2. The van der Waals surface area contributed by atoms with Crippen LogP contribution in [0.25, 0.3) is 0 Å². The number of benzene rings is 1. The first-order chi connectivity index (χ1) is 13.3. The Balaban J connectivity index is 0.00000225. The Bertz CT molecular complexity index is 643. The van der Waals surface area contributed by atoms with Gasteiger partial charge in [0.05, 0.1) is 0 Å². The smallest absolute Gasteiger partial charge is 0.231 e. The summed E-state index contributed by atoms with van der Waals surface area (Å²) in [4.78, 5) is 15.3. The van der Waals surface area contributed by atoms with E-state index in [2.05, 4.69) is 16.3 Å². The van der Waals surface area contributed by atoms with Gasteiger partial charge in [0.25, 0.3) is 0 Å². The monoisotopic (exact) mass is 408 g/mol. The summed E-state index contributed by atoms with van der Waals surface area (Å²) in [6, 6.07) is 6.47. The number of piperidine rings is 1. The molecule has 5 nitrogen and oxygen atoms in total. The lowest BCUT2D eigenvalue weighted by atomic mass is 9.91. The number of nitrogens with one attached hydrogen (secondary N) is 1. The average molecular weight is 409 g/mol. The molecule has 4 rings (SSSR count). The van der Waals surface area contributed by atoms with Gasteiger partial charge in [-0.3, -0.25) is 4.79 Å². The zero-order valence-electron chi connectivity index (χ0n) is 16.7. The number of hydrogen-bond donors (Lipinski definition) is 1. The third-order valence-electron chi connectivity index (χ3n) is 6.35. The first kappa shape index (κ1) is 21.3. The molecule has 6 heteroatoms. The van der Waals surface area contributed by atoms with Crippen LogP contribution in [0.4, 0.5) is 0 Å². The van der Waals surface area contributed by atoms with Gasteiger partial charge in [0.1, 0.15) is 0 Å². The van der Waals surface area contributed by atoms with Gasteiger partial charge in [-0.05, 0) is 68.8 Å². The Labute approximate surface area is 174 Å². The van der Waals surface area contributed by atoms with Gasteiger partial charge >= 0.3 is 0 Å². The summed E-state index contributed by atoms with van der Waals surface area (Å²) >= 11 is 0. The van der Waals surface area contributed by atoms with Crippen molar-refractivity contribution in [1.29, 1.82) is 0 Å². The molecule has 0 bridgehead atoms. The Morgan fingerprint density at radius 3 is 2.57 bits per heavy atom. The summed E-state index contributed by atoms with van der Waals surface area (Å²) in [5, 5.41) is 3.41. The number of hydrogen-bond acceptors (Lipinski definition) is 4. The molecule has 1 aliphatic carbocycles. The summed E-state index contributed by atoms with van der Waals surface area (Å²) < 4.78 is 10.9. The van der Waals surface area contributed by atoms with E-state index in [1.807, 2.05) is 12.1 Å². The fourth-order valence-corrected chi connectivity index (χ4v) is 4.69. The van der Waals surface area contributed by atoms with E-state index in [4.69, 9.17) is 9.47 Å². The average Bonchev–Trinajstić information content (AvgIpc) is 3.19. The normalized spacial score (nSPS) is 19.9. The predicted octanol–water partition coefficient (Wildman–Crippen LogP) is 4.28. The van der Waals surface area contributed by atoms with Crippen molar-refractivity contribution in [3.05, 3.63) is 23.8 Å². The van der Waals surface area contributed by atoms with Crippen LogP contribution in [0, 0.1) is 5.92 Å². The molecule has 2 aliphatic heterocycles. The number of carbonyl (C=O) groups excluding carboxylic acids is 1. The highest BCUT2D eigenvalue weighted by atomic mass is 35.5. The van der Waals surface area contributed by atoms with Crippen LogP contribution in [0.2, 0.25) is 0 Å². The van der Waals surface area contributed by atoms with Crippen molar-refractivity contribution in [2.24, 2.45) is 5.92 Å². The number of carbonyl (C=O) groups is 1. The number of ether oxygens (including phenoxy) is 2. The fraction of sp³-hybridized carbons (Fsp3) is 0.682. The van der Waals surface area contributed by atoms with Gasteiger partial charge in [0.15, 0.2) is 11.5 Å². The third-order valence-corrected chi connectivity index (χ3v) is 6.35. The van der Waals surface area contributed by atoms with Crippen LogP contribution >= 0.6 is 12.4 Å². The second kappa shape index (κ2) is 10.4. The Hall–Kier alpha value is -1.46. The number of rotatable bonds is 6. The molecule has 0 atom stereocenters. The molecule has 0 aromatic heterocycles. The van der Waals surface area contributed by atoms with Gasteiger partial charge in [0.2, 0.25) is 12.7 Å². The van der Waals surface area contributed by atoms with E-state index in [1.165, 1.54) is 32.1 Å². The third kappa shape index (κ3) is 5.32. The molecular weight excluding hydrogens is 376 g/mol. The summed E-state index contributed by atoms with van der Waals surface area (Å²) in [7, 11) is 0. The molecule has 1 aromatic carbocycles. The van der Waals surface area contributed by atoms with E-state index in [0.29, 0.717) is 37.6 Å². The molecule has 3 aliphatic rings.